The number of aromatic nitrogens is 1. The molecule has 3 heteroatoms. The summed E-state index contributed by atoms with van der Waals surface area (Å²) in [5, 5.41) is 9.27. The molecule has 0 unspecified atom stereocenters. The predicted octanol–water partition coefficient (Wildman–Crippen LogP) is 1.59. The SMILES string of the molecule is Cc1ccc(Br)c(C)[n+]1O. The molecule has 0 saturated heterocycles. The first kappa shape index (κ1) is 7.54. The molecule has 1 N–H and O–H groups in total. The van der Waals surface area contributed by atoms with E-state index in [1.165, 1.54) is 0 Å². The Balaban J connectivity index is 3.34. The lowest BCUT2D eigenvalue weighted by Gasteiger charge is -1.94. The molecule has 0 aliphatic carbocycles. The van der Waals surface area contributed by atoms with Gasteiger partial charge >= 0.3 is 0 Å². The van der Waals surface area contributed by atoms with Crippen LogP contribution in [0.2, 0.25) is 0 Å². The van der Waals surface area contributed by atoms with Crippen molar-refractivity contribution < 1.29 is 9.94 Å². The third-order valence-electron chi connectivity index (χ3n) is 1.47. The van der Waals surface area contributed by atoms with Crippen LogP contribution in [-0.4, -0.2) is 5.21 Å². The van der Waals surface area contributed by atoms with Gasteiger partial charge in [-0.05, 0) is 22.0 Å². The van der Waals surface area contributed by atoms with Gasteiger partial charge in [0.1, 0.15) is 0 Å². The van der Waals surface area contributed by atoms with Crippen LogP contribution in [0.15, 0.2) is 16.6 Å². The monoisotopic (exact) mass is 202 g/mol. The van der Waals surface area contributed by atoms with Crippen molar-refractivity contribution in [3.8, 4) is 0 Å². The molecule has 1 rings (SSSR count). The van der Waals surface area contributed by atoms with E-state index < -0.39 is 0 Å². The predicted molar refractivity (Wildman–Crippen MR) is 41.0 cm³/mol. The van der Waals surface area contributed by atoms with Crippen molar-refractivity contribution in [1.82, 2.24) is 0 Å². The Labute approximate surface area is 68.2 Å². The molecule has 0 aliphatic heterocycles. The summed E-state index contributed by atoms with van der Waals surface area (Å²) >= 11 is 3.30. The summed E-state index contributed by atoms with van der Waals surface area (Å²) in [7, 11) is 0. The topological polar surface area (TPSA) is 24.1 Å². The summed E-state index contributed by atoms with van der Waals surface area (Å²) in [6.45, 7) is 3.69. The van der Waals surface area contributed by atoms with Gasteiger partial charge in [0.2, 0.25) is 11.4 Å². The molecule has 0 bridgehead atoms. The molecule has 0 amide bonds. The highest BCUT2D eigenvalue weighted by Crippen LogP contribution is 2.10. The molecule has 0 spiro atoms. The quantitative estimate of drug-likeness (QED) is 0.502. The zero-order chi connectivity index (χ0) is 7.72. The van der Waals surface area contributed by atoms with Crippen molar-refractivity contribution in [2.45, 2.75) is 13.8 Å². The van der Waals surface area contributed by atoms with Gasteiger partial charge in [-0.15, -0.1) is 0 Å². The largest absolute Gasteiger partial charge is 0.285 e. The fraction of sp³-hybridized carbons (Fsp3) is 0.286. The van der Waals surface area contributed by atoms with Crippen LogP contribution in [0.25, 0.3) is 0 Å². The Morgan fingerprint density at radius 2 is 2.00 bits per heavy atom. The van der Waals surface area contributed by atoms with Gasteiger partial charge in [-0.1, -0.05) is 0 Å². The fourth-order valence-electron chi connectivity index (χ4n) is 0.751. The van der Waals surface area contributed by atoms with Crippen LogP contribution < -0.4 is 4.73 Å². The first-order valence-electron chi connectivity index (χ1n) is 3.00. The molecule has 0 atom stereocenters. The van der Waals surface area contributed by atoms with E-state index in [4.69, 9.17) is 0 Å². The number of hydrogen-bond donors (Lipinski definition) is 1. The Hall–Kier alpha value is -0.570. The molecular weight excluding hydrogens is 194 g/mol. The van der Waals surface area contributed by atoms with E-state index in [2.05, 4.69) is 15.9 Å². The Kier molecular flexibility index (Phi) is 1.94. The molecule has 0 radical (unpaired) electrons. The first-order chi connectivity index (χ1) is 4.63. The molecular formula is C7H9BrNO+. The number of nitrogens with zero attached hydrogens (tertiary/aromatic N) is 1. The number of halogens is 1. The van der Waals surface area contributed by atoms with Gasteiger partial charge in [-0.3, -0.25) is 5.21 Å². The van der Waals surface area contributed by atoms with E-state index in [1.54, 1.807) is 0 Å². The maximum absolute atomic E-state index is 9.27. The average Bonchev–Trinajstić information content (AvgIpc) is 1.93. The van der Waals surface area contributed by atoms with Gasteiger partial charge in [-0.2, -0.15) is 0 Å². The standard InChI is InChI=1S/C7H9BrNO/c1-5-3-4-7(8)6(2)9(5)10/h3-4,10H,1-2H3/q+1. The minimum atomic E-state index is 0.819. The molecule has 54 valence electrons. The smallest absolute Gasteiger partial charge is 0.245 e. The highest BCUT2D eigenvalue weighted by Gasteiger charge is 2.11. The highest BCUT2D eigenvalue weighted by atomic mass is 79.9. The van der Waals surface area contributed by atoms with Crippen LogP contribution in [0, 0.1) is 13.8 Å². The fourth-order valence-corrected chi connectivity index (χ4v) is 1.05. The lowest BCUT2D eigenvalue weighted by molar-refractivity contribution is -0.913. The minimum absolute atomic E-state index is 0.819. The van der Waals surface area contributed by atoms with Crippen LogP contribution in [-0.2, 0) is 0 Å². The number of rotatable bonds is 0. The summed E-state index contributed by atoms with van der Waals surface area (Å²) < 4.78 is 2.07. The van der Waals surface area contributed by atoms with Crippen molar-refractivity contribution in [2.75, 3.05) is 0 Å². The van der Waals surface area contributed by atoms with Gasteiger partial charge in [0.25, 0.3) is 0 Å². The van der Waals surface area contributed by atoms with Crippen molar-refractivity contribution in [1.29, 1.82) is 0 Å². The second-order valence-corrected chi connectivity index (χ2v) is 3.07. The lowest BCUT2D eigenvalue weighted by atomic mass is 10.3. The second-order valence-electron chi connectivity index (χ2n) is 2.22. The van der Waals surface area contributed by atoms with Crippen LogP contribution in [0.5, 0.6) is 0 Å². The molecule has 1 aromatic rings. The van der Waals surface area contributed by atoms with Gasteiger partial charge in [0, 0.05) is 24.6 Å². The van der Waals surface area contributed by atoms with Crippen molar-refractivity contribution in [2.24, 2.45) is 0 Å². The van der Waals surface area contributed by atoms with E-state index in [0.29, 0.717) is 0 Å². The van der Waals surface area contributed by atoms with Gasteiger partial charge in [0.15, 0.2) is 0 Å². The van der Waals surface area contributed by atoms with Crippen LogP contribution >= 0.6 is 15.9 Å². The van der Waals surface area contributed by atoms with Crippen LogP contribution in [0.3, 0.4) is 0 Å². The van der Waals surface area contributed by atoms with E-state index in [9.17, 15) is 5.21 Å². The molecule has 0 aromatic carbocycles. The average molecular weight is 203 g/mol. The molecule has 0 aliphatic rings. The normalized spacial score (nSPS) is 9.90. The first-order valence-corrected chi connectivity index (χ1v) is 3.79. The maximum atomic E-state index is 9.27. The Morgan fingerprint density at radius 1 is 1.40 bits per heavy atom. The zero-order valence-electron chi connectivity index (χ0n) is 5.93. The molecule has 10 heavy (non-hydrogen) atoms. The van der Waals surface area contributed by atoms with Gasteiger partial charge in [0.05, 0.1) is 4.47 Å². The van der Waals surface area contributed by atoms with Crippen molar-refractivity contribution >= 4 is 15.9 Å². The van der Waals surface area contributed by atoms with E-state index >= 15 is 0 Å². The summed E-state index contributed by atoms with van der Waals surface area (Å²) in [5.41, 5.74) is 1.65. The molecule has 0 fully saturated rings. The van der Waals surface area contributed by atoms with E-state index in [1.807, 2.05) is 26.0 Å². The summed E-state index contributed by atoms with van der Waals surface area (Å²) in [6.07, 6.45) is 0. The summed E-state index contributed by atoms with van der Waals surface area (Å²) in [6, 6.07) is 3.76. The molecule has 2 nitrogen and oxygen atoms in total. The number of aryl methyl sites for hydroxylation is 1. The maximum Gasteiger partial charge on any atom is 0.245 e. The van der Waals surface area contributed by atoms with Gasteiger partial charge in [-0.25, -0.2) is 0 Å². The van der Waals surface area contributed by atoms with Crippen molar-refractivity contribution in [3.63, 3.8) is 0 Å². The van der Waals surface area contributed by atoms with Crippen LogP contribution in [0.4, 0.5) is 0 Å². The van der Waals surface area contributed by atoms with Gasteiger partial charge < -0.3 is 0 Å². The minimum Gasteiger partial charge on any atom is -0.285 e. The Bertz CT molecular complexity index is 233. The third kappa shape index (κ3) is 1.14. The Morgan fingerprint density at radius 3 is 2.50 bits per heavy atom. The summed E-state index contributed by atoms with van der Waals surface area (Å²) in [4.78, 5) is 0. The zero-order valence-corrected chi connectivity index (χ0v) is 7.51. The number of hydrogen-bond acceptors (Lipinski definition) is 1. The summed E-state index contributed by atoms with van der Waals surface area (Å²) in [5.74, 6) is 0. The second kappa shape index (κ2) is 2.58. The lowest BCUT2D eigenvalue weighted by Crippen LogP contribution is -2.37. The van der Waals surface area contributed by atoms with E-state index in [0.717, 1.165) is 20.6 Å². The number of pyridine rings is 1. The molecule has 1 aromatic heterocycles. The van der Waals surface area contributed by atoms with Crippen molar-refractivity contribution in [3.05, 3.63) is 28.0 Å². The van der Waals surface area contributed by atoms with Crippen LogP contribution in [0.1, 0.15) is 11.4 Å². The highest BCUT2D eigenvalue weighted by molar-refractivity contribution is 9.10. The molecule has 1 heterocycles. The third-order valence-corrected chi connectivity index (χ3v) is 2.31. The van der Waals surface area contributed by atoms with E-state index in [-0.39, 0.29) is 0 Å². The molecule has 0 saturated carbocycles.